The average Bonchev–Trinajstić information content (AvgIpc) is 3.73. The maximum absolute atomic E-state index is 14.1. The molecule has 2 saturated heterocycles. The van der Waals surface area contributed by atoms with Gasteiger partial charge in [0.2, 0.25) is 11.8 Å². The number of nitrogens with two attached hydrogens (primary N) is 1. The number of thiophene rings is 1. The van der Waals surface area contributed by atoms with Crippen molar-refractivity contribution in [1.82, 2.24) is 15.5 Å². The molecule has 210 valence electrons. The highest BCUT2D eigenvalue weighted by Gasteiger charge is 2.52. The number of benzene rings is 1. The van der Waals surface area contributed by atoms with Crippen LogP contribution in [0.25, 0.3) is 11.3 Å². The molecule has 0 bridgehead atoms. The minimum absolute atomic E-state index is 0.00200. The number of nitrogens with one attached hydrogen (secondary N) is 3. The molecule has 1 atom stereocenters. The topological polar surface area (TPSA) is 160 Å². The summed E-state index contributed by atoms with van der Waals surface area (Å²) in [5.41, 5.74) is 6.03. The number of nitrogen functional groups attached to an aromatic ring is 1. The molecule has 14 heteroatoms. The van der Waals surface area contributed by atoms with Crippen LogP contribution in [0.15, 0.2) is 46.2 Å². The molecule has 0 saturated carbocycles. The maximum atomic E-state index is 14.1. The van der Waals surface area contributed by atoms with Crippen molar-refractivity contribution < 1.29 is 37.1 Å². The molecule has 2 aliphatic heterocycles. The van der Waals surface area contributed by atoms with Gasteiger partial charge in [-0.2, -0.15) is 0 Å². The first-order valence-electron chi connectivity index (χ1n) is 12.2. The van der Waals surface area contributed by atoms with Crippen LogP contribution in [0.1, 0.15) is 27.4 Å². The SMILES string of the molecule is N=C(N)c1csc(CNC(=O)[C@@H]2CC3(CN2C(=O)CNC(=O)c2ccc(-c4ccc(F)cc4F)o2)OCCO3)c1. The van der Waals surface area contributed by atoms with E-state index in [2.05, 4.69) is 10.6 Å². The van der Waals surface area contributed by atoms with Gasteiger partial charge in [0.15, 0.2) is 11.5 Å². The van der Waals surface area contributed by atoms with Gasteiger partial charge >= 0.3 is 0 Å². The van der Waals surface area contributed by atoms with E-state index in [1.807, 2.05) is 0 Å². The molecular formula is C26H25F2N5O6S. The van der Waals surface area contributed by atoms with E-state index in [1.165, 1.54) is 34.4 Å². The Bertz CT molecular complexity index is 1470. The number of carbonyl (C=O) groups is 3. The molecule has 0 radical (unpaired) electrons. The van der Waals surface area contributed by atoms with Crippen LogP contribution in [-0.2, 0) is 25.6 Å². The highest BCUT2D eigenvalue weighted by atomic mass is 32.1. The molecule has 4 heterocycles. The molecule has 1 spiro atoms. The van der Waals surface area contributed by atoms with Gasteiger partial charge in [-0.05, 0) is 30.3 Å². The van der Waals surface area contributed by atoms with Gasteiger partial charge in [0.25, 0.3) is 5.91 Å². The van der Waals surface area contributed by atoms with Crippen LogP contribution < -0.4 is 16.4 Å². The predicted molar refractivity (Wildman–Crippen MR) is 138 cm³/mol. The summed E-state index contributed by atoms with van der Waals surface area (Å²) in [7, 11) is 0. The Kier molecular flexibility index (Phi) is 7.65. The van der Waals surface area contributed by atoms with Crippen LogP contribution in [-0.4, -0.2) is 66.6 Å². The van der Waals surface area contributed by atoms with E-state index in [-0.39, 0.29) is 42.4 Å². The minimum atomic E-state index is -1.11. The zero-order valence-electron chi connectivity index (χ0n) is 21.0. The number of amides is 3. The van der Waals surface area contributed by atoms with Gasteiger partial charge in [0, 0.05) is 28.3 Å². The second-order valence-electron chi connectivity index (χ2n) is 9.25. The van der Waals surface area contributed by atoms with E-state index in [0.29, 0.717) is 24.8 Å². The second-order valence-corrected chi connectivity index (χ2v) is 10.2. The normalized spacial score (nSPS) is 17.8. The number of hydrogen-bond acceptors (Lipinski definition) is 8. The van der Waals surface area contributed by atoms with E-state index in [4.69, 9.17) is 25.0 Å². The molecule has 0 aliphatic carbocycles. The van der Waals surface area contributed by atoms with Crippen molar-refractivity contribution >= 4 is 34.9 Å². The molecule has 11 nitrogen and oxygen atoms in total. The van der Waals surface area contributed by atoms with Crippen molar-refractivity contribution in [2.75, 3.05) is 26.3 Å². The number of furan rings is 1. The van der Waals surface area contributed by atoms with E-state index in [9.17, 15) is 23.2 Å². The second kappa shape index (κ2) is 11.2. The molecule has 2 aliphatic rings. The van der Waals surface area contributed by atoms with Crippen LogP contribution in [0.2, 0.25) is 0 Å². The van der Waals surface area contributed by atoms with Crippen molar-refractivity contribution in [3.8, 4) is 11.3 Å². The Morgan fingerprint density at radius 3 is 2.60 bits per heavy atom. The lowest BCUT2D eigenvalue weighted by atomic mass is 10.1. The number of amidine groups is 1. The molecular weight excluding hydrogens is 548 g/mol. The lowest BCUT2D eigenvalue weighted by Crippen LogP contribution is -2.49. The zero-order chi connectivity index (χ0) is 28.4. The molecule has 5 rings (SSSR count). The lowest BCUT2D eigenvalue weighted by molar-refractivity contribution is -0.152. The van der Waals surface area contributed by atoms with Gasteiger partial charge in [0.1, 0.15) is 29.3 Å². The fraction of sp³-hybridized carbons (Fsp3) is 0.308. The van der Waals surface area contributed by atoms with Crippen LogP contribution in [0.5, 0.6) is 0 Å². The predicted octanol–water partition coefficient (Wildman–Crippen LogP) is 1.96. The third-order valence-corrected chi connectivity index (χ3v) is 7.49. The monoisotopic (exact) mass is 573 g/mol. The van der Waals surface area contributed by atoms with Gasteiger partial charge < -0.3 is 35.2 Å². The summed E-state index contributed by atoms with van der Waals surface area (Å²) in [5.74, 6) is -4.65. The maximum Gasteiger partial charge on any atom is 0.287 e. The first-order valence-corrected chi connectivity index (χ1v) is 13.1. The first-order chi connectivity index (χ1) is 19.1. The summed E-state index contributed by atoms with van der Waals surface area (Å²) in [6, 6.07) is 6.42. The highest BCUT2D eigenvalue weighted by Crippen LogP contribution is 2.35. The Balaban J connectivity index is 1.22. The summed E-state index contributed by atoms with van der Waals surface area (Å²) < 4.78 is 44.1. The van der Waals surface area contributed by atoms with Crippen molar-refractivity contribution in [1.29, 1.82) is 5.41 Å². The first kappa shape index (κ1) is 27.4. The van der Waals surface area contributed by atoms with E-state index >= 15 is 0 Å². The minimum Gasteiger partial charge on any atom is -0.451 e. The largest absolute Gasteiger partial charge is 0.451 e. The number of ether oxygens (including phenoxy) is 2. The van der Waals surface area contributed by atoms with Gasteiger partial charge in [-0.25, -0.2) is 8.78 Å². The van der Waals surface area contributed by atoms with Gasteiger partial charge in [-0.1, -0.05) is 0 Å². The van der Waals surface area contributed by atoms with Gasteiger partial charge in [-0.15, -0.1) is 11.3 Å². The van der Waals surface area contributed by atoms with Crippen molar-refractivity contribution in [3.05, 3.63) is 69.6 Å². The lowest BCUT2D eigenvalue weighted by Gasteiger charge is -2.24. The fourth-order valence-electron chi connectivity index (χ4n) is 4.59. The molecule has 2 aromatic heterocycles. The molecule has 40 heavy (non-hydrogen) atoms. The van der Waals surface area contributed by atoms with E-state index in [0.717, 1.165) is 10.9 Å². The number of rotatable bonds is 8. The third-order valence-electron chi connectivity index (χ3n) is 6.56. The number of likely N-dealkylation sites (tertiary alicyclic amines) is 1. The van der Waals surface area contributed by atoms with Crippen LogP contribution in [0, 0.1) is 17.0 Å². The Labute approximate surface area is 230 Å². The smallest absolute Gasteiger partial charge is 0.287 e. The van der Waals surface area contributed by atoms with Gasteiger partial charge in [0.05, 0.1) is 38.4 Å². The van der Waals surface area contributed by atoms with Crippen molar-refractivity contribution in [3.63, 3.8) is 0 Å². The van der Waals surface area contributed by atoms with Gasteiger partial charge in [-0.3, -0.25) is 19.8 Å². The quantitative estimate of drug-likeness (QED) is 0.237. The van der Waals surface area contributed by atoms with Crippen LogP contribution in [0.3, 0.4) is 0 Å². The molecule has 1 aromatic carbocycles. The molecule has 3 aromatic rings. The molecule has 0 unspecified atom stereocenters. The molecule has 3 amide bonds. The third kappa shape index (κ3) is 5.73. The highest BCUT2D eigenvalue weighted by molar-refractivity contribution is 7.10. The Morgan fingerprint density at radius 1 is 1.12 bits per heavy atom. The number of carbonyl (C=O) groups excluding carboxylic acids is 3. The number of hydrogen-bond donors (Lipinski definition) is 4. The summed E-state index contributed by atoms with van der Waals surface area (Å²) >= 11 is 1.34. The van der Waals surface area contributed by atoms with Crippen molar-refractivity contribution in [2.24, 2.45) is 5.73 Å². The Morgan fingerprint density at radius 2 is 1.90 bits per heavy atom. The Hall–Kier alpha value is -4.14. The fourth-order valence-corrected chi connectivity index (χ4v) is 5.41. The zero-order valence-corrected chi connectivity index (χ0v) is 21.8. The van der Waals surface area contributed by atoms with Crippen LogP contribution in [0.4, 0.5) is 8.78 Å². The number of nitrogens with zero attached hydrogens (tertiary/aromatic N) is 1. The van der Waals surface area contributed by atoms with E-state index < -0.39 is 47.7 Å². The average molecular weight is 574 g/mol. The van der Waals surface area contributed by atoms with E-state index in [1.54, 1.807) is 11.4 Å². The summed E-state index contributed by atoms with van der Waals surface area (Å²) in [6.07, 6.45) is 0.117. The summed E-state index contributed by atoms with van der Waals surface area (Å²) in [6.45, 7) is 0.377. The van der Waals surface area contributed by atoms with Crippen LogP contribution >= 0.6 is 11.3 Å². The van der Waals surface area contributed by atoms with Crippen molar-refractivity contribution in [2.45, 2.75) is 24.8 Å². The standard InChI is InChI=1S/C26H25F2N5O6S/c27-15-1-2-17(18(28)8-15)20-3-4-21(39-20)25(36)32-11-22(34)33-13-26(37-5-6-38-26)9-19(33)24(35)31-10-16-7-14(12-40-16)23(29)30/h1-4,7-8,12,19H,5-6,9-11,13H2,(H3,29,30)(H,31,35)(H,32,36)/t19-/m0/s1. The summed E-state index contributed by atoms with van der Waals surface area (Å²) in [4.78, 5) is 41.0. The molecule has 2 fully saturated rings. The molecule has 5 N–H and O–H groups in total. The summed E-state index contributed by atoms with van der Waals surface area (Å²) in [5, 5.41) is 14.5. The number of halogens is 2.